The molecule has 1 aromatic heterocycles. The number of carbonyl (C=O) groups is 2. The summed E-state index contributed by atoms with van der Waals surface area (Å²) < 4.78 is 1.86. The average molecular weight is 327 g/mol. The van der Waals surface area contributed by atoms with Crippen LogP contribution in [0.15, 0.2) is 43.0 Å². The van der Waals surface area contributed by atoms with Gasteiger partial charge in [-0.15, -0.1) is 0 Å². The number of amides is 1. The first-order valence-corrected chi connectivity index (χ1v) is 8.05. The molecule has 3 rings (SSSR count). The lowest BCUT2D eigenvalue weighted by Crippen LogP contribution is -2.40. The van der Waals surface area contributed by atoms with Crippen molar-refractivity contribution in [2.75, 3.05) is 13.1 Å². The van der Waals surface area contributed by atoms with Gasteiger partial charge in [0.05, 0.1) is 11.7 Å². The number of aromatic nitrogens is 2. The third-order valence-electron chi connectivity index (χ3n) is 5.04. The van der Waals surface area contributed by atoms with E-state index in [9.17, 15) is 14.7 Å². The molecule has 0 aliphatic carbocycles. The van der Waals surface area contributed by atoms with Crippen molar-refractivity contribution in [2.45, 2.75) is 20.3 Å². The Bertz CT molecular complexity index is 737. The number of hydrogen-bond acceptors (Lipinski definition) is 3. The summed E-state index contributed by atoms with van der Waals surface area (Å²) in [5.41, 5.74) is 0.656. The Hall–Kier alpha value is -2.63. The van der Waals surface area contributed by atoms with Crippen molar-refractivity contribution in [1.82, 2.24) is 14.5 Å². The van der Waals surface area contributed by atoms with Crippen LogP contribution in [0.5, 0.6) is 0 Å². The molecule has 0 bridgehead atoms. The second-order valence-electron chi connectivity index (χ2n) is 6.61. The first kappa shape index (κ1) is 16.2. The molecule has 1 unspecified atom stereocenters. The molecule has 1 amide bonds. The molecule has 1 fully saturated rings. The van der Waals surface area contributed by atoms with Crippen molar-refractivity contribution in [1.29, 1.82) is 0 Å². The van der Waals surface area contributed by atoms with Crippen LogP contribution in [0.25, 0.3) is 5.69 Å². The first-order chi connectivity index (χ1) is 11.4. The molecule has 1 aliphatic rings. The lowest BCUT2D eigenvalue weighted by Gasteiger charge is -2.28. The van der Waals surface area contributed by atoms with Crippen LogP contribution >= 0.6 is 0 Å². The van der Waals surface area contributed by atoms with Crippen LogP contribution in [0.2, 0.25) is 0 Å². The molecule has 24 heavy (non-hydrogen) atoms. The Morgan fingerprint density at radius 1 is 1.25 bits per heavy atom. The summed E-state index contributed by atoms with van der Waals surface area (Å²) in [6, 6.07) is 7.26. The molecular weight excluding hydrogens is 306 g/mol. The van der Waals surface area contributed by atoms with E-state index >= 15 is 0 Å². The number of benzene rings is 1. The molecule has 1 saturated heterocycles. The smallest absolute Gasteiger partial charge is 0.311 e. The summed E-state index contributed by atoms with van der Waals surface area (Å²) in [6.07, 6.45) is 5.72. The molecule has 0 saturated carbocycles. The number of nitrogens with zero attached hydrogens (tertiary/aromatic N) is 3. The monoisotopic (exact) mass is 327 g/mol. The molecule has 6 heteroatoms. The SMILES string of the molecule is CC(C)C1(C(=O)O)CCN(C(=O)c2ccc(-n3ccnc3)cc2)C1. The van der Waals surface area contributed by atoms with E-state index in [0.717, 1.165) is 5.69 Å². The molecule has 6 nitrogen and oxygen atoms in total. The molecule has 1 aromatic carbocycles. The zero-order valence-corrected chi connectivity index (χ0v) is 13.8. The van der Waals surface area contributed by atoms with Gasteiger partial charge in [-0.2, -0.15) is 0 Å². The second kappa shape index (κ2) is 6.11. The summed E-state index contributed by atoms with van der Waals surface area (Å²) in [4.78, 5) is 30.0. The summed E-state index contributed by atoms with van der Waals surface area (Å²) in [6.45, 7) is 4.55. The Morgan fingerprint density at radius 3 is 2.46 bits per heavy atom. The minimum absolute atomic E-state index is 0.0172. The molecule has 1 atom stereocenters. The summed E-state index contributed by atoms with van der Waals surface area (Å²) in [5, 5.41) is 9.60. The molecule has 2 heterocycles. The number of carboxylic acid groups (broad SMARTS) is 1. The third kappa shape index (κ3) is 2.68. The van der Waals surface area contributed by atoms with E-state index in [2.05, 4.69) is 4.98 Å². The molecule has 0 spiro atoms. The van der Waals surface area contributed by atoms with Gasteiger partial charge in [-0.1, -0.05) is 13.8 Å². The van der Waals surface area contributed by atoms with E-state index < -0.39 is 11.4 Å². The van der Waals surface area contributed by atoms with Crippen LogP contribution < -0.4 is 0 Å². The first-order valence-electron chi connectivity index (χ1n) is 8.05. The van der Waals surface area contributed by atoms with Crippen molar-refractivity contribution in [3.63, 3.8) is 0 Å². The minimum atomic E-state index is -0.841. The predicted molar refractivity (Wildman–Crippen MR) is 89.0 cm³/mol. The van der Waals surface area contributed by atoms with E-state index in [-0.39, 0.29) is 18.4 Å². The van der Waals surface area contributed by atoms with Gasteiger partial charge in [-0.3, -0.25) is 9.59 Å². The van der Waals surface area contributed by atoms with E-state index in [0.29, 0.717) is 18.5 Å². The summed E-state index contributed by atoms with van der Waals surface area (Å²) >= 11 is 0. The van der Waals surface area contributed by atoms with Crippen molar-refractivity contribution in [3.8, 4) is 5.69 Å². The topological polar surface area (TPSA) is 75.4 Å². The average Bonchev–Trinajstić information content (AvgIpc) is 3.24. The zero-order valence-electron chi connectivity index (χ0n) is 13.8. The molecule has 1 aliphatic heterocycles. The van der Waals surface area contributed by atoms with Gasteiger partial charge >= 0.3 is 5.97 Å². The molecule has 126 valence electrons. The fourth-order valence-corrected chi connectivity index (χ4v) is 3.27. The van der Waals surface area contributed by atoms with Gasteiger partial charge in [0.2, 0.25) is 0 Å². The summed E-state index contributed by atoms with van der Waals surface area (Å²) in [7, 11) is 0. The molecule has 2 aromatic rings. The number of imidazole rings is 1. The highest BCUT2D eigenvalue weighted by Crippen LogP contribution is 2.38. The largest absolute Gasteiger partial charge is 0.481 e. The Balaban J connectivity index is 1.77. The maximum absolute atomic E-state index is 12.7. The van der Waals surface area contributed by atoms with Gasteiger partial charge in [-0.05, 0) is 36.6 Å². The van der Waals surface area contributed by atoms with E-state index in [1.807, 2.05) is 36.7 Å². The van der Waals surface area contributed by atoms with Crippen LogP contribution in [0.3, 0.4) is 0 Å². The number of likely N-dealkylation sites (tertiary alicyclic amines) is 1. The number of hydrogen-bond donors (Lipinski definition) is 1. The molecule has 0 radical (unpaired) electrons. The fourth-order valence-electron chi connectivity index (χ4n) is 3.27. The van der Waals surface area contributed by atoms with Crippen LogP contribution in [0.4, 0.5) is 0 Å². The van der Waals surface area contributed by atoms with Gasteiger partial charge in [0.15, 0.2) is 0 Å². The Morgan fingerprint density at radius 2 is 1.96 bits per heavy atom. The third-order valence-corrected chi connectivity index (χ3v) is 5.04. The number of aliphatic carboxylic acids is 1. The highest BCUT2D eigenvalue weighted by molar-refractivity contribution is 5.95. The Labute approximate surface area is 140 Å². The second-order valence-corrected chi connectivity index (χ2v) is 6.61. The van der Waals surface area contributed by atoms with Gasteiger partial charge in [-0.25, -0.2) is 4.98 Å². The molecular formula is C18H21N3O3. The van der Waals surface area contributed by atoms with Crippen LogP contribution in [-0.4, -0.2) is 44.5 Å². The molecule has 1 N–H and O–H groups in total. The Kier molecular flexibility index (Phi) is 4.13. The lowest BCUT2D eigenvalue weighted by atomic mass is 9.76. The predicted octanol–water partition coefficient (Wildman–Crippen LogP) is 2.45. The number of carbonyl (C=O) groups excluding carboxylic acids is 1. The quantitative estimate of drug-likeness (QED) is 0.936. The highest BCUT2D eigenvalue weighted by atomic mass is 16.4. The highest BCUT2D eigenvalue weighted by Gasteiger charge is 2.48. The standard InChI is InChI=1S/C18H21N3O3/c1-13(2)18(17(23)24)7-9-20(11-18)16(22)14-3-5-15(6-4-14)21-10-8-19-12-21/h3-6,8,10,12-13H,7,9,11H2,1-2H3,(H,23,24). The maximum Gasteiger partial charge on any atom is 0.311 e. The van der Waals surface area contributed by atoms with Gasteiger partial charge in [0.25, 0.3) is 5.91 Å². The van der Waals surface area contributed by atoms with Crippen molar-refractivity contribution < 1.29 is 14.7 Å². The number of rotatable bonds is 4. The van der Waals surface area contributed by atoms with Crippen LogP contribution in [0.1, 0.15) is 30.6 Å². The summed E-state index contributed by atoms with van der Waals surface area (Å²) in [5.74, 6) is -0.948. The zero-order chi connectivity index (χ0) is 17.3. The van der Waals surface area contributed by atoms with Crippen LogP contribution in [0, 0.1) is 11.3 Å². The number of carboxylic acids is 1. The van der Waals surface area contributed by atoms with Gasteiger partial charge < -0.3 is 14.6 Å². The van der Waals surface area contributed by atoms with Gasteiger partial charge in [0.1, 0.15) is 0 Å². The van der Waals surface area contributed by atoms with Crippen molar-refractivity contribution >= 4 is 11.9 Å². The van der Waals surface area contributed by atoms with E-state index in [1.165, 1.54) is 0 Å². The van der Waals surface area contributed by atoms with E-state index in [1.54, 1.807) is 29.6 Å². The van der Waals surface area contributed by atoms with Crippen molar-refractivity contribution in [2.24, 2.45) is 11.3 Å². The lowest BCUT2D eigenvalue weighted by molar-refractivity contribution is -0.150. The van der Waals surface area contributed by atoms with E-state index in [4.69, 9.17) is 0 Å². The minimum Gasteiger partial charge on any atom is -0.481 e. The van der Waals surface area contributed by atoms with Crippen molar-refractivity contribution in [3.05, 3.63) is 48.5 Å². The normalized spacial score (nSPS) is 20.5. The maximum atomic E-state index is 12.7. The van der Waals surface area contributed by atoms with Crippen LogP contribution in [-0.2, 0) is 4.79 Å². The fraction of sp³-hybridized carbons (Fsp3) is 0.389. The van der Waals surface area contributed by atoms with Gasteiger partial charge in [0, 0.05) is 36.7 Å².